The highest BCUT2D eigenvalue weighted by Gasteiger charge is 2.29. The second-order valence-electron chi connectivity index (χ2n) is 5.50. The third-order valence-electron chi connectivity index (χ3n) is 4.02. The van der Waals surface area contributed by atoms with Gasteiger partial charge >= 0.3 is 0 Å². The Hall–Kier alpha value is -2.53. The third-order valence-corrected chi connectivity index (χ3v) is 4.02. The molecule has 5 heteroatoms. The van der Waals surface area contributed by atoms with Gasteiger partial charge in [-0.1, -0.05) is 24.3 Å². The fourth-order valence-corrected chi connectivity index (χ4v) is 2.71. The fraction of sp³-hybridized carbons (Fsp3) is 0.278. The SMILES string of the molecule is COc1cc(CO)cc2c1OCC(=O)N2Cc1ccccc1C. The van der Waals surface area contributed by atoms with Gasteiger partial charge in [0.15, 0.2) is 18.1 Å². The summed E-state index contributed by atoms with van der Waals surface area (Å²) in [5.41, 5.74) is 3.50. The maximum absolute atomic E-state index is 12.4. The lowest BCUT2D eigenvalue weighted by Gasteiger charge is -2.31. The number of aliphatic hydroxyl groups is 1. The monoisotopic (exact) mass is 313 g/mol. The lowest BCUT2D eigenvalue weighted by Crippen LogP contribution is -2.38. The molecule has 1 aliphatic heterocycles. The lowest BCUT2D eigenvalue weighted by atomic mass is 10.1. The number of carbonyl (C=O) groups excluding carboxylic acids is 1. The summed E-state index contributed by atoms with van der Waals surface area (Å²) in [7, 11) is 1.54. The summed E-state index contributed by atoms with van der Waals surface area (Å²) >= 11 is 0. The van der Waals surface area contributed by atoms with Crippen molar-refractivity contribution in [2.75, 3.05) is 18.6 Å². The van der Waals surface area contributed by atoms with E-state index < -0.39 is 0 Å². The number of aliphatic hydroxyl groups excluding tert-OH is 1. The third kappa shape index (κ3) is 2.87. The summed E-state index contributed by atoms with van der Waals surface area (Å²) in [4.78, 5) is 14.1. The molecule has 0 saturated heterocycles. The Morgan fingerprint density at radius 1 is 1.30 bits per heavy atom. The summed E-state index contributed by atoms with van der Waals surface area (Å²) < 4.78 is 10.9. The molecule has 23 heavy (non-hydrogen) atoms. The van der Waals surface area contributed by atoms with Gasteiger partial charge in [0.25, 0.3) is 5.91 Å². The molecule has 1 N–H and O–H groups in total. The highest BCUT2D eigenvalue weighted by atomic mass is 16.5. The summed E-state index contributed by atoms with van der Waals surface area (Å²) in [5, 5.41) is 9.45. The van der Waals surface area contributed by atoms with Crippen molar-refractivity contribution in [3.05, 3.63) is 53.1 Å². The second-order valence-corrected chi connectivity index (χ2v) is 5.50. The molecule has 2 aromatic rings. The minimum Gasteiger partial charge on any atom is -0.493 e. The first-order valence-corrected chi connectivity index (χ1v) is 7.43. The van der Waals surface area contributed by atoms with Crippen LogP contribution in [-0.4, -0.2) is 24.7 Å². The van der Waals surface area contributed by atoms with Crippen LogP contribution < -0.4 is 14.4 Å². The molecule has 2 aromatic carbocycles. The number of carbonyl (C=O) groups is 1. The van der Waals surface area contributed by atoms with E-state index in [4.69, 9.17) is 9.47 Å². The summed E-state index contributed by atoms with van der Waals surface area (Å²) in [5.74, 6) is 0.949. The van der Waals surface area contributed by atoms with Crippen molar-refractivity contribution in [1.29, 1.82) is 0 Å². The zero-order chi connectivity index (χ0) is 16.4. The zero-order valence-electron chi connectivity index (χ0n) is 13.2. The van der Waals surface area contributed by atoms with E-state index in [0.29, 0.717) is 29.3 Å². The number of nitrogens with zero attached hydrogens (tertiary/aromatic N) is 1. The van der Waals surface area contributed by atoms with Crippen LogP contribution in [0.3, 0.4) is 0 Å². The average Bonchev–Trinajstić information content (AvgIpc) is 2.58. The first-order valence-electron chi connectivity index (χ1n) is 7.43. The Morgan fingerprint density at radius 2 is 2.09 bits per heavy atom. The van der Waals surface area contributed by atoms with Gasteiger partial charge in [0.05, 0.1) is 25.9 Å². The van der Waals surface area contributed by atoms with Crippen LogP contribution >= 0.6 is 0 Å². The Bertz CT molecular complexity index is 742. The first kappa shape index (κ1) is 15.4. The number of amides is 1. The van der Waals surface area contributed by atoms with Gasteiger partial charge in [-0.2, -0.15) is 0 Å². The predicted molar refractivity (Wildman–Crippen MR) is 86.8 cm³/mol. The number of rotatable bonds is 4. The van der Waals surface area contributed by atoms with Crippen LogP contribution in [0.4, 0.5) is 5.69 Å². The molecular formula is C18H19NO4. The summed E-state index contributed by atoms with van der Waals surface area (Å²) in [6.07, 6.45) is 0. The van der Waals surface area contributed by atoms with Crippen molar-refractivity contribution < 1.29 is 19.4 Å². The molecular weight excluding hydrogens is 294 g/mol. The van der Waals surface area contributed by atoms with E-state index in [0.717, 1.165) is 11.1 Å². The quantitative estimate of drug-likeness (QED) is 0.942. The maximum atomic E-state index is 12.4. The van der Waals surface area contributed by atoms with E-state index in [-0.39, 0.29) is 19.1 Å². The van der Waals surface area contributed by atoms with E-state index in [1.54, 1.807) is 24.1 Å². The largest absolute Gasteiger partial charge is 0.493 e. The molecule has 1 aliphatic rings. The van der Waals surface area contributed by atoms with Crippen LogP contribution in [-0.2, 0) is 17.9 Å². The standard InChI is InChI=1S/C18H19NO4/c1-12-5-3-4-6-14(12)9-19-15-7-13(10-20)8-16(22-2)18(15)23-11-17(19)21/h3-8,20H,9-11H2,1-2H3. The minimum absolute atomic E-state index is 0.0201. The Kier molecular flexibility index (Phi) is 4.21. The number of anilines is 1. The van der Waals surface area contributed by atoms with Crippen molar-refractivity contribution in [1.82, 2.24) is 0 Å². The number of ether oxygens (including phenoxy) is 2. The fourth-order valence-electron chi connectivity index (χ4n) is 2.71. The molecule has 0 atom stereocenters. The molecule has 0 aliphatic carbocycles. The molecule has 0 bridgehead atoms. The first-order chi connectivity index (χ1) is 11.1. The lowest BCUT2D eigenvalue weighted by molar-refractivity contribution is -0.121. The van der Waals surface area contributed by atoms with Crippen LogP contribution in [0.25, 0.3) is 0 Å². The van der Waals surface area contributed by atoms with Gasteiger partial charge in [0, 0.05) is 0 Å². The topological polar surface area (TPSA) is 59.0 Å². The van der Waals surface area contributed by atoms with Crippen LogP contribution in [0.1, 0.15) is 16.7 Å². The van der Waals surface area contributed by atoms with Gasteiger partial charge in [-0.25, -0.2) is 0 Å². The Balaban J connectivity index is 2.05. The van der Waals surface area contributed by atoms with Gasteiger partial charge in [-0.3, -0.25) is 4.79 Å². The molecule has 0 saturated carbocycles. The van der Waals surface area contributed by atoms with Gasteiger partial charge in [0.2, 0.25) is 0 Å². The number of hydrogen-bond acceptors (Lipinski definition) is 4. The molecule has 0 spiro atoms. The van der Waals surface area contributed by atoms with E-state index in [1.807, 2.05) is 31.2 Å². The normalized spacial score (nSPS) is 13.5. The minimum atomic E-state index is -0.129. The van der Waals surface area contributed by atoms with Crippen molar-refractivity contribution in [3.8, 4) is 11.5 Å². The number of aryl methyl sites for hydroxylation is 1. The molecule has 3 rings (SSSR count). The number of methoxy groups -OCH3 is 1. The summed E-state index contributed by atoms with van der Waals surface area (Å²) in [6.45, 7) is 2.33. The van der Waals surface area contributed by atoms with Gasteiger partial charge < -0.3 is 19.5 Å². The zero-order valence-corrected chi connectivity index (χ0v) is 13.2. The van der Waals surface area contributed by atoms with Crippen molar-refractivity contribution in [2.24, 2.45) is 0 Å². The highest BCUT2D eigenvalue weighted by molar-refractivity contribution is 5.98. The number of hydrogen-bond donors (Lipinski definition) is 1. The number of benzene rings is 2. The molecule has 1 heterocycles. The van der Waals surface area contributed by atoms with Crippen LogP contribution in [0.2, 0.25) is 0 Å². The molecule has 0 radical (unpaired) electrons. The molecule has 1 amide bonds. The second kappa shape index (κ2) is 6.30. The van der Waals surface area contributed by atoms with E-state index in [9.17, 15) is 9.90 Å². The predicted octanol–water partition coefficient (Wildman–Crippen LogP) is 2.42. The molecule has 0 unspecified atom stereocenters. The average molecular weight is 313 g/mol. The summed E-state index contributed by atoms with van der Waals surface area (Å²) in [6, 6.07) is 11.4. The van der Waals surface area contributed by atoms with Gasteiger partial charge in [-0.05, 0) is 35.7 Å². The van der Waals surface area contributed by atoms with Gasteiger partial charge in [0.1, 0.15) is 0 Å². The van der Waals surface area contributed by atoms with Crippen LogP contribution in [0.5, 0.6) is 11.5 Å². The van der Waals surface area contributed by atoms with Crippen LogP contribution in [0.15, 0.2) is 36.4 Å². The Labute approximate surface area is 135 Å². The van der Waals surface area contributed by atoms with Crippen molar-refractivity contribution in [2.45, 2.75) is 20.1 Å². The molecule has 120 valence electrons. The van der Waals surface area contributed by atoms with Crippen molar-refractivity contribution >= 4 is 11.6 Å². The molecule has 0 fully saturated rings. The number of fused-ring (bicyclic) bond motifs is 1. The van der Waals surface area contributed by atoms with E-state index in [1.165, 1.54) is 0 Å². The van der Waals surface area contributed by atoms with Crippen molar-refractivity contribution in [3.63, 3.8) is 0 Å². The molecule has 5 nitrogen and oxygen atoms in total. The maximum Gasteiger partial charge on any atom is 0.265 e. The Morgan fingerprint density at radius 3 is 2.78 bits per heavy atom. The van der Waals surface area contributed by atoms with Crippen LogP contribution in [0, 0.1) is 6.92 Å². The van der Waals surface area contributed by atoms with Gasteiger partial charge in [-0.15, -0.1) is 0 Å². The molecule has 0 aromatic heterocycles. The van der Waals surface area contributed by atoms with E-state index >= 15 is 0 Å². The van der Waals surface area contributed by atoms with E-state index in [2.05, 4.69) is 0 Å². The smallest absolute Gasteiger partial charge is 0.265 e. The highest BCUT2D eigenvalue weighted by Crippen LogP contribution is 2.42.